The van der Waals surface area contributed by atoms with Crippen LogP contribution in [0.2, 0.25) is 0 Å². The third-order valence-electron chi connectivity index (χ3n) is 4.58. The summed E-state index contributed by atoms with van der Waals surface area (Å²) in [5.41, 5.74) is 2.79. The van der Waals surface area contributed by atoms with Gasteiger partial charge in [-0.1, -0.05) is 72.8 Å². The average Bonchev–Trinajstić information content (AvgIpc) is 2.72. The van der Waals surface area contributed by atoms with Crippen LogP contribution in [0.3, 0.4) is 0 Å². The monoisotopic (exact) mass is 327 g/mol. The molecule has 3 aromatic carbocycles. The topological polar surface area (TPSA) is 3.24 Å². The second-order valence-electron chi connectivity index (χ2n) is 6.37. The number of rotatable bonds is 3. The van der Waals surface area contributed by atoms with Crippen molar-refractivity contribution in [2.24, 2.45) is 0 Å². The summed E-state index contributed by atoms with van der Waals surface area (Å²) in [6.45, 7) is 1.18. The third kappa shape index (κ3) is 5.49. The summed E-state index contributed by atoms with van der Waals surface area (Å²) in [5.74, 6) is 0. The molecule has 0 bridgehead atoms. The van der Waals surface area contributed by atoms with Gasteiger partial charge in [-0.2, -0.15) is 0 Å². The van der Waals surface area contributed by atoms with E-state index in [2.05, 4.69) is 59.5 Å². The molecule has 0 amide bonds. The Morgan fingerprint density at radius 2 is 1.44 bits per heavy atom. The summed E-state index contributed by atoms with van der Waals surface area (Å²) in [5, 5.41) is 0. The Labute approximate surface area is 151 Å². The van der Waals surface area contributed by atoms with E-state index in [1.54, 1.807) is 0 Å². The predicted molar refractivity (Wildman–Crippen MR) is 106 cm³/mol. The highest BCUT2D eigenvalue weighted by Crippen LogP contribution is 2.26. The first kappa shape index (κ1) is 17.3. The Bertz CT molecular complexity index is 667. The van der Waals surface area contributed by atoms with Crippen molar-refractivity contribution >= 4 is 5.69 Å². The van der Waals surface area contributed by atoms with Crippen LogP contribution in [0, 0.1) is 12.1 Å². The number of anilines is 1. The van der Waals surface area contributed by atoms with E-state index in [9.17, 15) is 0 Å². The molecule has 0 saturated carbocycles. The minimum absolute atomic E-state index is 0.638. The van der Waals surface area contributed by atoms with Crippen LogP contribution in [0.15, 0.2) is 84.9 Å². The van der Waals surface area contributed by atoms with Gasteiger partial charge in [0, 0.05) is 18.3 Å². The molecule has 1 aliphatic rings. The first-order chi connectivity index (χ1) is 12.4. The number of nitrogens with zero attached hydrogens (tertiary/aromatic N) is 1. The van der Waals surface area contributed by atoms with Gasteiger partial charge in [0.1, 0.15) is 0 Å². The van der Waals surface area contributed by atoms with Gasteiger partial charge in [0.15, 0.2) is 0 Å². The van der Waals surface area contributed by atoms with E-state index in [0.29, 0.717) is 6.04 Å². The second kappa shape index (κ2) is 9.68. The standard InChI is InChI=1S/C18H20N.C6H5/c1-3-9-16(10-4-1)15-18-13-7-8-14-19(18)17-11-5-2-6-12-17;1-2-4-6-5-3-1/h1,3-6,9-12,18H,7-8,13-15H2;1-5H. The summed E-state index contributed by atoms with van der Waals surface area (Å²) >= 11 is 0. The van der Waals surface area contributed by atoms with E-state index in [-0.39, 0.29) is 0 Å². The molecule has 1 nitrogen and oxygen atoms in total. The van der Waals surface area contributed by atoms with Crippen LogP contribution in [0.5, 0.6) is 0 Å². The maximum Gasteiger partial charge on any atom is 0.0369 e. The molecule has 1 fully saturated rings. The lowest BCUT2D eigenvalue weighted by molar-refractivity contribution is 0.457. The zero-order chi connectivity index (χ0) is 17.2. The molecule has 25 heavy (non-hydrogen) atoms. The Morgan fingerprint density at radius 1 is 0.760 bits per heavy atom. The maximum absolute atomic E-state index is 3.11. The molecule has 0 aliphatic carbocycles. The van der Waals surface area contributed by atoms with Gasteiger partial charge < -0.3 is 4.90 Å². The van der Waals surface area contributed by atoms with Gasteiger partial charge in [-0.05, 0) is 55.5 Å². The van der Waals surface area contributed by atoms with Gasteiger partial charge in [-0.3, -0.25) is 0 Å². The molecule has 3 aromatic rings. The molecular formula is C24H25N. The summed E-state index contributed by atoms with van der Waals surface area (Å²) in [7, 11) is 0. The van der Waals surface area contributed by atoms with Crippen LogP contribution in [-0.4, -0.2) is 12.6 Å². The van der Waals surface area contributed by atoms with E-state index in [0.717, 1.165) is 6.42 Å². The largest absolute Gasteiger partial charge is 0.368 e. The van der Waals surface area contributed by atoms with Gasteiger partial charge in [0.25, 0.3) is 0 Å². The Kier molecular flexibility index (Phi) is 6.70. The van der Waals surface area contributed by atoms with Gasteiger partial charge >= 0.3 is 0 Å². The first-order valence-corrected chi connectivity index (χ1v) is 9.11. The Morgan fingerprint density at radius 3 is 2.08 bits per heavy atom. The minimum atomic E-state index is 0.638. The lowest BCUT2D eigenvalue weighted by Gasteiger charge is -2.37. The van der Waals surface area contributed by atoms with Crippen molar-refractivity contribution < 1.29 is 0 Å². The fourth-order valence-electron chi connectivity index (χ4n) is 3.35. The van der Waals surface area contributed by atoms with Crippen molar-refractivity contribution in [3.63, 3.8) is 0 Å². The summed E-state index contributed by atoms with van der Waals surface area (Å²) in [6, 6.07) is 35.5. The highest BCUT2D eigenvalue weighted by atomic mass is 15.2. The van der Waals surface area contributed by atoms with Gasteiger partial charge in [0.05, 0.1) is 0 Å². The molecule has 2 radical (unpaired) electrons. The van der Waals surface area contributed by atoms with Crippen molar-refractivity contribution in [2.45, 2.75) is 31.7 Å². The molecule has 1 unspecified atom stereocenters. The maximum atomic E-state index is 3.11. The molecule has 1 heterocycles. The van der Waals surface area contributed by atoms with Crippen molar-refractivity contribution in [3.8, 4) is 0 Å². The van der Waals surface area contributed by atoms with Crippen molar-refractivity contribution in [2.75, 3.05) is 11.4 Å². The zero-order valence-electron chi connectivity index (χ0n) is 14.6. The highest BCUT2D eigenvalue weighted by Gasteiger charge is 2.22. The van der Waals surface area contributed by atoms with Crippen LogP contribution >= 0.6 is 0 Å². The predicted octanol–water partition coefficient (Wildman–Crippen LogP) is 5.58. The summed E-state index contributed by atoms with van der Waals surface area (Å²) in [6.07, 6.45) is 5.11. The van der Waals surface area contributed by atoms with Crippen LogP contribution in [0.4, 0.5) is 5.69 Å². The molecule has 1 aliphatic heterocycles. The van der Waals surface area contributed by atoms with Crippen molar-refractivity contribution in [3.05, 3.63) is 103 Å². The third-order valence-corrected chi connectivity index (χ3v) is 4.58. The van der Waals surface area contributed by atoms with E-state index in [1.807, 2.05) is 42.5 Å². The number of hydrogen-bond acceptors (Lipinski definition) is 1. The molecule has 1 atom stereocenters. The number of benzene rings is 3. The second-order valence-corrected chi connectivity index (χ2v) is 6.37. The lowest BCUT2D eigenvalue weighted by atomic mass is 9.95. The SMILES string of the molecule is [c]1ccc(N2CCCCC2Cc2ccccc2)cc1.[c]1ccccc1. The molecular weight excluding hydrogens is 302 g/mol. The van der Waals surface area contributed by atoms with Gasteiger partial charge in [-0.25, -0.2) is 0 Å². The van der Waals surface area contributed by atoms with Crippen LogP contribution in [0.1, 0.15) is 24.8 Å². The molecule has 1 heteroatoms. The molecule has 0 aromatic heterocycles. The fourth-order valence-corrected chi connectivity index (χ4v) is 3.35. The van der Waals surface area contributed by atoms with Crippen molar-refractivity contribution in [1.29, 1.82) is 0 Å². The number of hydrogen-bond donors (Lipinski definition) is 0. The van der Waals surface area contributed by atoms with Crippen LogP contribution in [-0.2, 0) is 6.42 Å². The van der Waals surface area contributed by atoms with Crippen LogP contribution < -0.4 is 4.90 Å². The molecule has 126 valence electrons. The van der Waals surface area contributed by atoms with E-state index in [4.69, 9.17) is 0 Å². The molecule has 0 spiro atoms. The van der Waals surface area contributed by atoms with Crippen LogP contribution in [0.25, 0.3) is 0 Å². The van der Waals surface area contributed by atoms with E-state index >= 15 is 0 Å². The average molecular weight is 327 g/mol. The Hall–Kier alpha value is -2.54. The fraction of sp³-hybridized carbons (Fsp3) is 0.250. The zero-order valence-corrected chi connectivity index (χ0v) is 14.6. The number of piperidine rings is 1. The Balaban J connectivity index is 0.000000258. The summed E-state index contributed by atoms with van der Waals surface area (Å²) < 4.78 is 0. The smallest absolute Gasteiger partial charge is 0.0369 e. The highest BCUT2D eigenvalue weighted by molar-refractivity contribution is 5.47. The molecule has 4 rings (SSSR count). The first-order valence-electron chi connectivity index (χ1n) is 9.11. The normalized spacial score (nSPS) is 16.6. The van der Waals surface area contributed by atoms with E-state index in [1.165, 1.54) is 37.1 Å². The van der Waals surface area contributed by atoms with Crippen molar-refractivity contribution in [1.82, 2.24) is 0 Å². The van der Waals surface area contributed by atoms with E-state index < -0.39 is 0 Å². The molecule has 0 N–H and O–H groups in total. The lowest BCUT2D eigenvalue weighted by Crippen LogP contribution is -2.40. The molecule has 1 saturated heterocycles. The van der Waals surface area contributed by atoms with Gasteiger partial charge in [0.2, 0.25) is 0 Å². The quantitative estimate of drug-likeness (QED) is 0.607. The minimum Gasteiger partial charge on any atom is -0.368 e. The van der Waals surface area contributed by atoms with Gasteiger partial charge in [-0.15, -0.1) is 0 Å². The summed E-state index contributed by atoms with van der Waals surface area (Å²) in [4.78, 5) is 2.57.